The summed E-state index contributed by atoms with van der Waals surface area (Å²) in [5, 5.41) is 3.22. The highest BCUT2D eigenvalue weighted by Crippen LogP contribution is 2.09. The van der Waals surface area contributed by atoms with E-state index in [4.69, 9.17) is 9.47 Å². The van der Waals surface area contributed by atoms with Crippen molar-refractivity contribution in [3.8, 4) is 0 Å². The van der Waals surface area contributed by atoms with Gasteiger partial charge >= 0.3 is 0 Å². The first-order valence-corrected chi connectivity index (χ1v) is 7.34. The van der Waals surface area contributed by atoms with Crippen molar-refractivity contribution in [1.29, 1.82) is 0 Å². The number of hydrogen-bond donors (Lipinski definition) is 1. The van der Waals surface area contributed by atoms with Crippen LogP contribution in [0.5, 0.6) is 0 Å². The predicted octanol–water partition coefficient (Wildman–Crippen LogP) is 1.03. The Morgan fingerprint density at radius 2 is 1.95 bits per heavy atom. The number of ether oxygens (including phenoxy) is 2. The summed E-state index contributed by atoms with van der Waals surface area (Å²) >= 11 is 0. The third-order valence-electron chi connectivity index (χ3n) is 3.37. The van der Waals surface area contributed by atoms with Crippen molar-refractivity contribution in [3.63, 3.8) is 0 Å². The van der Waals surface area contributed by atoms with Crippen molar-refractivity contribution < 1.29 is 14.3 Å². The minimum atomic E-state index is -0.110. The molecule has 1 aliphatic rings. The van der Waals surface area contributed by atoms with E-state index in [1.165, 1.54) is 6.42 Å². The molecule has 1 aliphatic heterocycles. The summed E-state index contributed by atoms with van der Waals surface area (Å²) < 4.78 is 10.4. The van der Waals surface area contributed by atoms with Crippen LogP contribution in [0, 0.1) is 0 Å². The van der Waals surface area contributed by atoms with E-state index < -0.39 is 0 Å². The SMILES string of the molecule is COCCCOCCNC(C)C(=O)N1CCCCC1. The number of carbonyl (C=O) groups is 1. The summed E-state index contributed by atoms with van der Waals surface area (Å²) in [6.45, 7) is 6.56. The van der Waals surface area contributed by atoms with Gasteiger partial charge in [0.1, 0.15) is 0 Å². The van der Waals surface area contributed by atoms with Gasteiger partial charge in [0.15, 0.2) is 0 Å². The molecule has 112 valence electrons. The van der Waals surface area contributed by atoms with Crippen molar-refractivity contribution in [1.82, 2.24) is 10.2 Å². The van der Waals surface area contributed by atoms with Crippen LogP contribution in [0.15, 0.2) is 0 Å². The number of amides is 1. The zero-order valence-electron chi connectivity index (χ0n) is 12.3. The molecule has 0 aromatic heterocycles. The fraction of sp³-hybridized carbons (Fsp3) is 0.929. The lowest BCUT2D eigenvalue weighted by Crippen LogP contribution is -2.47. The second kappa shape index (κ2) is 10.2. The molecule has 0 radical (unpaired) electrons. The minimum Gasteiger partial charge on any atom is -0.385 e. The van der Waals surface area contributed by atoms with Crippen LogP contribution in [-0.4, -0.2) is 63.4 Å². The molecule has 1 unspecified atom stereocenters. The van der Waals surface area contributed by atoms with E-state index >= 15 is 0 Å². The number of nitrogens with one attached hydrogen (secondary N) is 1. The molecular weight excluding hydrogens is 244 g/mol. The molecule has 1 amide bonds. The van der Waals surface area contributed by atoms with Gasteiger partial charge in [-0.1, -0.05) is 0 Å². The number of methoxy groups -OCH3 is 1. The molecule has 0 aromatic carbocycles. The summed E-state index contributed by atoms with van der Waals surface area (Å²) in [5.41, 5.74) is 0. The van der Waals surface area contributed by atoms with Gasteiger partial charge in [-0.05, 0) is 32.6 Å². The van der Waals surface area contributed by atoms with Crippen LogP contribution in [0.4, 0.5) is 0 Å². The normalized spacial score (nSPS) is 17.5. The summed E-state index contributed by atoms with van der Waals surface area (Å²) in [5.74, 6) is 0.221. The Kier molecular flexibility index (Phi) is 8.79. The average molecular weight is 272 g/mol. The molecule has 1 saturated heterocycles. The summed E-state index contributed by atoms with van der Waals surface area (Å²) in [4.78, 5) is 14.1. The van der Waals surface area contributed by atoms with Crippen molar-refractivity contribution >= 4 is 5.91 Å². The van der Waals surface area contributed by atoms with E-state index in [-0.39, 0.29) is 11.9 Å². The summed E-state index contributed by atoms with van der Waals surface area (Å²) in [6.07, 6.45) is 4.45. The van der Waals surface area contributed by atoms with Gasteiger partial charge in [-0.2, -0.15) is 0 Å². The molecule has 5 nitrogen and oxygen atoms in total. The highest BCUT2D eigenvalue weighted by Gasteiger charge is 2.21. The van der Waals surface area contributed by atoms with Gasteiger partial charge in [0.2, 0.25) is 5.91 Å². The fourth-order valence-corrected chi connectivity index (χ4v) is 2.23. The van der Waals surface area contributed by atoms with E-state index in [0.29, 0.717) is 19.8 Å². The van der Waals surface area contributed by atoms with E-state index in [2.05, 4.69) is 5.32 Å². The van der Waals surface area contributed by atoms with Crippen molar-refractivity contribution in [2.75, 3.05) is 46.6 Å². The van der Waals surface area contributed by atoms with Gasteiger partial charge in [0.25, 0.3) is 0 Å². The molecule has 19 heavy (non-hydrogen) atoms. The predicted molar refractivity (Wildman–Crippen MR) is 75.2 cm³/mol. The number of likely N-dealkylation sites (tertiary alicyclic amines) is 1. The molecule has 1 heterocycles. The molecule has 1 atom stereocenters. The van der Waals surface area contributed by atoms with Crippen LogP contribution in [0.25, 0.3) is 0 Å². The molecular formula is C14H28N2O3. The maximum atomic E-state index is 12.1. The Labute approximate surface area is 116 Å². The monoisotopic (exact) mass is 272 g/mol. The smallest absolute Gasteiger partial charge is 0.239 e. The molecule has 1 fully saturated rings. The first-order chi connectivity index (χ1) is 9.25. The molecule has 0 saturated carbocycles. The quantitative estimate of drug-likeness (QED) is 0.637. The molecule has 1 rings (SSSR count). The average Bonchev–Trinajstić information content (AvgIpc) is 2.46. The number of rotatable bonds is 9. The maximum absolute atomic E-state index is 12.1. The van der Waals surface area contributed by atoms with E-state index in [9.17, 15) is 4.79 Å². The second-order valence-corrected chi connectivity index (χ2v) is 5.02. The number of piperidine rings is 1. The Morgan fingerprint density at radius 3 is 2.63 bits per heavy atom. The van der Waals surface area contributed by atoms with Gasteiger partial charge in [-0.25, -0.2) is 0 Å². The van der Waals surface area contributed by atoms with E-state index in [1.807, 2.05) is 11.8 Å². The molecule has 0 spiro atoms. The number of nitrogens with zero attached hydrogens (tertiary/aromatic N) is 1. The topological polar surface area (TPSA) is 50.8 Å². The Morgan fingerprint density at radius 1 is 1.21 bits per heavy atom. The second-order valence-electron chi connectivity index (χ2n) is 5.02. The van der Waals surface area contributed by atoms with Crippen LogP contribution in [0.2, 0.25) is 0 Å². The summed E-state index contributed by atoms with van der Waals surface area (Å²) in [6, 6.07) is -0.110. The van der Waals surface area contributed by atoms with Crippen molar-refractivity contribution in [2.45, 2.75) is 38.6 Å². The van der Waals surface area contributed by atoms with Crippen molar-refractivity contribution in [3.05, 3.63) is 0 Å². The largest absolute Gasteiger partial charge is 0.385 e. The zero-order chi connectivity index (χ0) is 13.9. The van der Waals surface area contributed by atoms with E-state index in [1.54, 1.807) is 7.11 Å². The first-order valence-electron chi connectivity index (χ1n) is 7.34. The van der Waals surface area contributed by atoms with Gasteiger partial charge in [-0.3, -0.25) is 4.79 Å². The minimum absolute atomic E-state index is 0.110. The van der Waals surface area contributed by atoms with Gasteiger partial charge in [-0.15, -0.1) is 0 Å². The lowest BCUT2D eigenvalue weighted by Gasteiger charge is -2.29. The fourth-order valence-electron chi connectivity index (χ4n) is 2.23. The lowest BCUT2D eigenvalue weighted by molar-refractivity contribution is -0.133. The lowest BCUT2D eigenvalue weighted by atomic mass is 10.1. The standard InChI is InChI=1S/C14H28N2O3/c1-13(14(17)16-8-4-3-5-9-16)15-7-12-19-11-6-10-18-2/h13,15H,3-12H2,1-2H3. The Hall–Kier alpha value is -0.650. The number of carbonyl (C=O) groups excluding carboxylic acids is 1. The molecule has 0 aromatic rings. The van der Waals surface area contributed by atoms with Gasteiger partial charge in [0, 0.05) is 40.0 Å². The number of hydrogen-bond acceptors (Lipinski definition) is 4. The molecule has 0 bridgehead atoms. The van der Waals surface area contributed by atoms with Gasteiger partial charge in [0.05, 0.1) is 12.6 Å². The third-order valence-corrected chi connectivity index (χ3v) is 3.37. The third kappa shape index (κ3) is 6.89. The van der Waals surface area contributed by atoms with Gasteiger partial charge < -0.3 is 19.7 Å². The maximum Gasteiger partial charge on any atom is 0.239 e. The van der Waals surface area contributed by atoms with Crippen molar-refractivity contribution in [2.24, 2.45) is 0 Å². The van der Waals surface area contributed by atoms with Crippen LogP contribution >= 0.6 is 0 Å². The highest BCUT2D eigenvalue weighted by molar-refractivity contribution is 5.81. The Balaban J connectivity index is 2.03. The first kappa shape index (κ1) is 16.4. The van der Waals surface area contributed by atoms with Crippen LogP contribution < -0.4 is 5.32 Å². The highest BCUT2D eigenvalue weighted by atomic mass is 16.5. The van der Waals surface area contributed by atoms with Crippen LogP contribution in [0.3, 0.4) is 0 Å². The summed E-state index contributed by atoms with van der Waals surface area (Å²) in [7, 11) is 1.69. The Bertz CT molecular complexity index is 243. The molecule has 0 aliphatic carbocycles. The van der Waals surface area contributed by atoms with Crippen LogP contribution in [-0.2, 0) is 14.3 Å². The molecule has 5 heteroatoms. The van der Waals surface area contributed by atoms with E-state index in [0.717, 1.165) is 39.0 Å². The van der Waals surface area contributed by atoms with Crippen LogP contribution in [0.1, 0.15) is 32.6 Å². The zero-order valence-corrected chi connectivity index (χ0v) is 12.3. The molecule has 1 N–H and O–H groups in total.